The summed E-state index contributed by atoms with van der Waals surface area (Å²) in [5, 5.41) is 4.65. The van der Waals surface area contributed by atoms with Crippen molar-refractivity contribution in [2.45, 2.75) is 26.3 Å². The third-order valence-electron chi connectivity index (χ3n) is 3.54. The zero-order valence-electron chi connectivity index (χ0n) is 12.7. The molecule has 1 N–H and O–H groups in total. The summed E-state index contributed by atoms with van der Waals surface area (Å²) in [4.78, 5) is 5.79. The van der Waals surface area contributed by atoms with Gasteiger partial charge in [0.2, 0.25) is 0 Å². The highest BCUT2D eigenvalue weighted by atomic mass is 35.5. The van der Waals surface area contributed by atoms with Crippen molar-refractivity contribution >= 4 is 39.9 Å². The van der Waals surface area contributed by atoms with Gasteiger partial charge < -0.3 is 5.32 Å². The lowest BCUT2D eigenvalue weighted by molar-refractivity contribution is 0.660. The SMILES string of the molecule is Cc1cc(C)cc(CC(NC2=NCCS2)c2ccc(Cl)s2)c1. The van der Waals surface area contributed by atoms with Crippen LogP contribution in [0.4, 0.5) is 0 Å². The van der Waals surface area contributed by atoms with E-state index in [1.165, 1.54) is 21.6 Å². The molecule has 5 heteroatoms. The molecule has 0 aliphatic carbocycles. The van der Waals surface area contributed by atoms with E-state index >= 15 is 0 Å². The fraction of sp³-hybridized carbons (Fsp3) is 0.353. The molecule has 0 bridgehead atoms. The highest BCUT2D eigenvalue weighted by Gasteiger charge is 2.18. The van der Waals surface area contributed by atoms with Crippen LogP contribution in [-0.4, -0.2) is 17.5 Å². The Bertz CT molecular complexity index is 673. The van der Waals surface area contributed by atoms with E-state index in [0.29, 0.717) is 0 Å². The molecule has 1 aliphatic rings. The fourth-order valence-corrected chi connectivity index (χ4v) is 4.63. The number of thiophene rings is 1. The summed E-state index contributed by atoms with van der Waals surface area (Å²) in [5.74, 6) is 1.07. The van der Waals surface area contributed by atoms with E-state index in [4.69, 9.17) is 11.6 Å². The largest absolute Gasteiger partial charge is 0.357 e. The first-order valence-electron chi connectivity index (χ1n) is 7.36. The van der Waals surface area contributed by atoms with Gasteiger partial charge >= 0.3 is 0 Å². The monoisotopic (exact) mass is 350 g/mol. The maximum absolute atomic E-state index is 6.13. The van der Waals surface area contributed by atoms with E-state index in [0.717, 1.165) is 28.2 Å². The van der Waals surface area contributed by atoms with Crippen LogP contribution in [0.15, 0.2) is 35.3 Å². The van der Waals surface area contributed by atoms with Crippen molar-refractivity contribution in [1.29, 1.82) is 0 Å². The molecule has 0 spiro atoms. The summed E-state index contributed by atoms with van der Waals surface area (Å²) in [5.41, 5.74) is 3.97. The molecule has 0 fully saturated rings. The van der Waals surface area contributed by atoms with Crippen molar-refractivity contribution in [3.05, 3.63) is 56.2 Å². The number of halogens is 1. The molecule has 0 amide bonds. The molecule has 0 saturated heterocycles. The molecule has 1 atom stereocenters. The number of aliphatic imine (C=N–C) groups is 1. The number of nitrogens with zero attached hydrogens (tertiary/aromatic N) is 1. The standard InChI is InChI=1S/C17H19ClN2S2/c1-11-7-12(2)9-13(8-11)10-14(15-3-4-16(18)22-15)20-17-19-5-6-21-17/h3-4,7-9,14H,5-6,10H2,1-2H3,(H,19,20). The second kappa shape index (κ2) is 7.07. The Morgan fingerprint density at radius 1 is 1.23 bits per heavy atom. The quantitative estimate of drug-likeness (QED) is 0.839. The zero-order valence-corrected chi connectivity index (χ0v) is 15.1. The van der Waals surface area contributed by atoms with Gasteiger partial charge in [0.05, 0.1) is 16.9 Å². The number of thioether (sulfide) groups is 1. The minimum absolute atomic E-state index is 0.225. The first kappa shape index (κ1) is 15.9. The number of hydrogen-bond acceptors (Lipinski definition) is 4. The lowest BCUT2D eigenvalue weighted by Crippen LogP contribution is -2.26. The van der Waals surface area contributed by atoms with Crippen LogP contribution in [0, 0.1) is 13.8 Å². The Hall–Kier alpha value is -0.970. The highest BCUT2D eigenvalue weighted by molar-refractivity contribution is 8.14. The number of benzene rings is 1. The maximum Gasteiger partial charge on any atom is 0.157 e. The van der Waals surface area contributed by atoms with Gasteiger partial charge in [-0.1, -0.05) is 52.7 Å². The minimum atomic E-state index is 0.225. The third-order valence-corrected chi connectivity index (χ3v) is 5.79. The average molecular weight is 351 g/mol. The van der Waals surface area contributed by atoms with Gasteiger partial charge in [0, 0.05) is 10.6 Å². The molecular weight excluding hydrogens is 332 g/mol. The van der Waals surface area contributed by atoms with Crippen molar-refractivity contribution in [3.63, 3.8) is 0 Å². The summed E-state index contributed by atoms with van der Waals surface area (Å²) in [6.07, 6.45) is 0.943. The summed E-state index contributed by atoms with van der Waals surface area (Å²) in [7, 11) is 0. The number of nitrogens with one attached hydrogen (secondary N) is 1. The van der Waals surface area contributed by atoms with Crippen LogP contribution in [0.2, 0.25) is 4.34 Å². The number of amidine groups is 1. The van der Waals surface area contributed by atoms with Gasteiger partial charge in [0.1, 0.15) is 0 Å². The first-order valence-corrected chi connectivity index (χ1v) is 9.54. The van der Waals surface area contributed by atoms with E-state index < -0.39 is 0 Å². The van der Waals surface area contributed by atoms with Gasteiger partial charge in [-0.2, -0.15) is 0 Å². The van der Waals surface area contributed by atoms with E-state index in [1.807, 2.05) is 6.07 Å². The van der Waals surface area contributed by atoms with Crippen molar-refractivity contribution in [2.75, 3.05) is 12.3 Å². The molecule has 1 unspecified atom stereocenters. The molecule has 22 heavy (non-hydrogen) atoms. The van der Waals surface area contributed by atoms with Crippen LogP contribution >= 0.6 is 34.7 Å². The fourth-order valence-electron chi connectivity index (χ4n) is 2.73. The molecule has 1 aliphatic heterocycles. The smallest absolute Gasteiger partial charge is 0.157 e. The second-order valence-corrected chi connectivity index (χ2v) is 8.40. The summed E-state index contributed by atoms with van der Waals surface area (Å²) in [6, 6.07) is 11.1. The number of aryl methyl sites for hydroxylation is 2. The van der Waals surface area contributed by atoms with E-state index in [2.05, 4.69) is 48.4 Å². The highest BCUT2D eigenvalue weighted by Crippen LogP contribution is 2.30. The molecule has 2 heterocycles. The van der Waals surface area contributed by atoms with Crippen molar-refractivity contribution in [2.24, 2.45) is 4.99 Å². The number of rotatable bonds is 4. The Morgan fingerprint density at radius 3 is 2.59 bits per heavy atom. The Morgan fingerprint density at radius 2 is 2.00 bits per heavy atom. The predicted molar refractivity (Wildman–Crippen MR) is 99.6 cm³/mol. The predicted octanol–water partition coefficient (Wildman–Crippen LogP) is 4.99. The Balaban J connectivity index is 1.84. The molecular formula is C17H19ClN2S2. The van der Waals surface area contributed by atoms with Crippen LogP contribution in [0.25, 0.3) is 0 Å². The topological polar surface area (TPSA) is 24.4 Å². The molecule has 2 aromatic rings. The van der Waals surface area contributed by atoms with Gasteiger partial charge in [0.15, 0.2) is 5.17 Å². The molecule has 3 rings (SSSR count). The van der Waals surface area contributed by atoms with Crippen LogP contribution in [0.5, 0.6) is 0 Å². The van der Waals surface area contributed by atoms with Gasteiger partial charge in [-0.15, -0.1) is 11.3 Å². The van der Waals surface area contributed by atoms with E-state index in [1.54, 1.807) is 23.1 Å². The van der Waals surface area contributed by atoms with Crippen LogP contribution < -0.4 is 5.32 Å². The summed E-state index contributed by atoms with van der Waals surface area (Å²) < 4.78 is 0.836. The Labute approximate surface area is 145 Å². The van der Waals surface area contributed by atoms with Gasteiger partial charge in [0.25, 0.3) is 0 Å². The van der Waals surface area contributed by atoms with Gasteiger partial charge in [-0.05, 0) is 38.0 Å². The van der Waals surface area contributed by atoms with Crippen LogP contribution in [0.1, 0.15) is 27.6 Å². The normalized spacial score (nSPS) is 15.7. The second-order valence-electron chi connectivity index (χ2n) is 5.57. The molecule has 1 aromatic carbocycles. The van der Waals surface area contributed by atoms with E-state index in [9.17, 15) is 0 Å². The van der Waals surface area contributed by atoms with Crippen LogP contribution in [0.3, 0.4) is 0 Å². The molecule has 116 valence electrons. The minimum Gasteiger partial charge on any atom is -0.357 e. The van der Waals surface area contributed by atoms with Gasteiger partial charge in [-0.25, -0.2) is 0 Å². The molecule has 2 nitrogen and oxygen atoms in total. The van der Waals surface area contributed by atoms with Crippen molar-refractivity contribution < 1.29 is 0 Å². The lowest BCUT2D eigenvalue weighted by Gasteiger charge is -2.19. The third kappa shape index (κ3) is 4.06. The average Bonchev–Trinajstić information content (AvgIpc) is 3.08. The summed E-state index contributed by atoms with van der Waals surface area (Å²) in [6.45, 7) is 5.21. The van der Waals surface area contributed by atoms with E-state index in [-0.39, 0.29) is 6.04 Å². The zero-order chi connectivity index (χ0) is 15.5. The van der Waals surface area contributed by atoms with Crippen LogP contribution in [-0.2, 0) is 6.42 Å². The number of hydrogen-bond donors (Lipinski definition) is 1. The molecule has 1 aromatic heterocycles. The van der Waals surface area contributed by atoms with Crippen molar-refractivity contribution in [3.8, 4) is 0 Å². The van der Waals surface area contributed by atoms with Gasteiger partial charge in [-0.3, -0.25) is 4.99 Å². The first-order chi connectivity index (χ1) is 10.6. The lowest BCUT2D eigenvalue weighted by atomic mass is 10.0. The Kier molecular flexibility index (Phi) is 5.11. The maximum atomic E-state index is 6.13. The summed E-state index contributed by atoms with van der Waals surface area (Å²) >= 11 is 9.57. The van der Waals surface area contributed by atoms with Crippen molar-refractivity contribution in [1.82, 2.24) is 5.32 Å². The molecule has 0 radical (unpaired) electrons. The molecule has 0 saturated carbocycles.